The molecule has 0 unspecified atom stereocenters. The number of allylic oxidation sites excluding steroid dienone is 2. The van der Waals surface area contributed by atoms with Crippen molar-refractivity contribution in [3.05, 3.63) is 68.4 Å². The first-order valence-electron chi connectivity index (χ1n) is 5.43. The van der Waals surface area contributed by atoms with Crippen molar-refractivity contribution in [1.82, 2.24) is 30.6 Å². The van der Waals surface area contributed by atoms with Crippen molar-refractivity contribution in [1.29, 1.82) is 0 Å². The Balaban J connectivity index is 0.000000158. The molecule has 0 aliphatic carbocycles. The van der Waals surface area contributed by atoms with Crippen LogP contribution in [0.3, 0.4) is 0 Å². The monoisotopic (exact) mass is 254 g/mol. The fraction of sp³-hybridized carbons (Fsp3) is 0. The zero-order chi connectivity index (χ0) is 13.8. The van der Waals surface area contributed by atoms with Crippen LogP contribution in [-0.4, -0.2) is 30.6 Å². The molecule has 3 aromatic rings. The third-order valence-corrected chi connectivity index (χ3v) is 1.86. The van der Waals surface area contributed by atoms with Crippen molar-refractivity contribution < 1.29 is 0 Å². The molecule has 2 heterocycles. The minimum absolute atomic E-state index is 1.09. The summed E-state index contributed by atoms with van der Waals surface area (Å²) in [6.45, 7) is 6.72. The molecule has 6 nitrogen and oxygen atoms in total. The molecular formula is C13H14N6. The summed E-state index contributed by atoms with van der Waals surface area (Å²) in [4.78, 5) is 0. The van der Waals surface area contributed by atoms with Gasteiger partial charge in [-0.3, -0.25) is 5.10 Å². The molecule has 1 aromatic carbocycles. The number of nitrogens with one attached hydrogen (secondary N) is 1. The van der Waals surface area contributed by atoms with Crippen LogP contribution in [0.5, 0.6) is 0 Å². The van der Waals surface area contributed by atoms with Gasteiger partial charge in [0.05, 0.1) is 11.7 Å². The summed E-state index contributed by atoms with van der Waals surface area (Å²) in [7, 11) is 0. The summed E-state index contributed by atoms with van der Waals surface area (Å²) >= 11 is 0. The summed E-state index contributed by atoms with van der Waals surface area (Å²) in [5.41, 5.74) is 1.09. The molecule has 1 N–H and O–H groups in total. The smallest absolute Gasteiger partial charge is 0.160 e. The first-order valence-corrected chi connectivity index (χ1v) is 5.43. The number of aromatic nitrogens is 6. The number of nitrogens with zero attached hydrogens (tertiary/aromatic N) is 5. The minimum atomic E-state index is 1.09. The van der Waals surface area contributed by atoms with E-state index in [9.17, 15) is 0 Å². The molecule has 0 amide bonds. The van der Waals surface area contributed by atoms with Crippen molar-refractivity contribution in [2.45, 2.75) is 0 Å². The fourth-order valence-electron chi connectivity index (χ4n) is 1.05. The molecule has 0 saturated heterocycles. The van der Waals surface area contributed by atoms with Gasteiger partial charge in [0.15, 0.2) is 12.7 Å². The molecule has 0 aliphatic heterocycles. The summed E-state index contributed by atoms with van der Waals surface area (Å²) in [5.74, 6) is 0. The maximum atomic E-state index is 3.88. The van der Waals surface area contributed by atoms with Crippen LogP contribution in [0.4, 0.5) is 0 Å². The Morgan fingerprint density at radius 2 is 1.47 bits per heavy atom. The number of hydrogen-bond donors (Lipinski definition) is 1. The predicted octanol–water partition coefficient (Wildman–Crippen LogP) is 2.19. The third-order valence-electron chi connectivity index (χ3n) is 1.86. The molecule has 3 rings (SSSR count). The van der Waals surface area contributed by atoms with Crippen LogP contribution in [0.1, 0.15) is 0 Å². The molecule has 0 bridgehead atoms. The van der Waals surface area contributed by atoms with E-state index in [0.29, 0.717) is 0 Å². The van der Waals surface area contributed by atoms with Crippen molar-refractivity contribution in [3.8, 4) is 0 Å². The molecule has 96 valence electrons. The van der Waals surface area contributed by atoms with E-state index in [0.717, 1.165) is 10.9 Å². The van der Waals surface area contributed by atoms with Gasteiger partial charge in [-0.15, -0.1) is 20.4 Å². The first-order chi connectivity index (χ1) is 9.38. The summed E-state index contributed by atoms with van der Waals surface area (Å²) < 4.78 is 0. The average Bonchev–Trinajstić information content (AvgIpc) is 2.98. The second-order valence-corrected chi connectivity index (χ2v) is 3.12. The van der Waals surface area contributed by atoms with E-state index in [2.05, 4.69) is 43.7 Å². The Morgan fingerprint density at radius 3 is 1.95 bits per heavy atom. The van der Waals surface area contributed by atoms with Crippen LogP contribution in [-0.2, 0) is 0 Å². The second-order valence-electron chi connectivity index (χ2n) is 3.12. The van der Waals surface area contributed by atoms with Crippen molar-refractivity contribution in [2.24, 2.45) is 0 Å². The van der Waals surface area contributed by atoms with Gasteiger partial charge in [0, 0.05) is 5.39 Å². The quantitative estimate of drug-likeness (QED) is 0.673. The van der Waals surface area contributed by atoms with E-state index >= 15 is 0 Å². The second kappa shape index (κ2) is 9.17. The normalized spacial score (nSPS) is 8.42. The van der Waals surface area contributed by atoms with Gasteiger partial charge in [-0.2, -0.15) is 5.10 Å². The highest BCUT2D eigenvalue weighted by Crippen LogP contribution is 2.06. The third kappa shape index (κ3) is 5.83. The van der Waals surface area contributed by atoms with Gasteiger partial charge in [0.1, 0.15) is 0 Å². The zero-order valence-corrected chi connectivity index (χ0v) is 10.3. The summed E-state index contributed by atoms with van der Waals surface area (Å²) in [6.07, 6.45) is 7.65. The number of hydrogen-bond acceptors (Lipinski definition) is 5. The Kier molecular flexibility index (Phi) is 6.84. The lowest BCUT2D eigenvalue weighted by molar-refractivity contribution is 0.853. The first kappa shape index (κ1) is 14.2. The maximum Gasteiger partial charge on any atom is 0.160 e. The highest BCUT2D eigenvalue weighted by Gasteiger charge is 1.88. The van der Waals surface area contributed by atoms with Crippen LogP contribution in [0.2, 0.25) is 0 Å². The lowest BCUT2D eigenvalue weighted by atomic mass is 10.3. The molecule has 0 fully saturated rings. The van der Waals surface area contributed by atoms with Gasteiger partial charge in [0.25, 0.3) is 0 Å². The number of aromatic amines is 1. The number of fused-ring (bicyclic) bond motifs is 1. The van der Waals surface area contributed by atoms with Crippen LogP contribution >= 0.6 is 0 Å². The highest BCUT2D eigenvalue weighted by atomic mass is 15.2. The maximum absolute atomic E-state index is 3.88. The molecule has 0 saturated carbocycles. The van der Waals surface area contributed by atoms with Crippen molar-refractivity contribution >= 4 is 10.9 Å². The lowest BCUT2D eigenvalue weighted by Gasteiger charge is -1.81. The number of para-hydroxylation sites is 1. The Bertz CT molecular complexity index is 527. The SMILES string of the molecule is C=CC=C.c1ccc2[nH]ncc2c1.c1nncnn1. The Hall–Kier alpha value is -2.89. The predicted molar refractivity (Wildman–Crippen MR) is 74.1 cm³/mol. The average molecular weight is 254 g/mol. The minimum Gasteiger partial charge on any atom is -0.278 e. The Morgan fingerprint density at radius 1 is 0.895 bits per heavy atom. The van der Waals surface area contributed by atoms with E-state index in [1.807, 2.05) is 30.5 Å². The molecule has 0 atom stereocenters. The largest absolute Gasteiger partial charge is 0.278 e. The van der Waals surface area contributed by atoms with Gasteiger partial charge in [-0.05, 0) is 6.07 Å². The van der Waals surface area contributed by atoms with Crippen molar-refractivity contribution in [2.75, 3.05) is 0 Å². The van der Waals surface area contributed by atoms with E-state index in [-0.39, 0.29) is 0 Å². The van der Waals surface area contributed by atoms with E-state index in [4.69, 9.17) is 0 Å². The lowest BCUT2D eigenvalue weighted by Crippen LogP contribution is -1.81. The summed E-state index contributed by atoms with van der Waals surface area (Å²) in [5, 5.41) is 21.4. The molecule has 0 radical (unpaired) electrons. The van der Waals surface area contributed by atoms with Gasteiger partial charge in [-0.25, -0.2) is 0 Å². The topological polar surface area (TPSA) is 80.2 Å². The van der Waals surface area contributed by atoms with Crippen LogP contribution in [0.25, 0.3) is 10.9 Å². The van der Waals surface area contributed by atoms with Crippen LogP contribution in [0.15, 0.2) is 68.4 Å². The van der Waals surface area contributed by atoms with Gasteiger partial charge in [-0.1, -0.05) is 43.5 Å². The van der Waals surface area contributed by atoms with Gasteiger partial charge < -0.3 is 0 Å². The van der Waals surface area contributed by atoms with E-state index < -0.39 is 0 Å². The van der Waals surface area contributed by atoms with Crippen LogP contribution in [0, 0.1) is 0 Å². The van der Waals surface area contributed by atoms with Gasteiger partial charge in [0.2, 0.25) is 0 Å². The van der Waals surface area contributed by atoms with Crippen LogP contribution < -0.4 is 0 Å². The molecule has 0 spiro atoms. The molecular weight excluding hydrogens is 240 g/mol. The molecule has 0 aliphatic rings. The summed E-state index contributed by atoms with van der Waals surface area (Å²) in [6, 6.07) is 8.01. The fourth-order valence-corrected chi connectivity index (χ4v) is 1.05. The molecule has 2 aromatic heterocycles. The molecule has 19 heavy (non-hydrogen) atoms. The van der Waals surface area contributed by atoms with Crippen molar-refractivity contribution in [3.63, 3.8) is 0 Å². The highest BCUT2D eigenvalue weighted by molar-refractivity contribution is 5.77. The number of benzene rings is 1. The molecule has 6 heteroatoms. The standard InChI is InChI=1S/C7H6N2.C4H6.C2H2N4/c1-2-4-7-6(3-1)5-8-9-7;1-3-4-2;1-3-5-2-6-4-1/h1-5H,(H,8,9);3-4H,1-2H2;1-2H. The number of H-pyrrole nitrogens is 1. The van der Waals surface area contributed by atoms with E-state index in [1.165, 1.54) is 12.7 Å². The number of rotatable bonds is 1. The van der Waals surface area contributed by atoms with Gasteiger partial charge >= 0.3 is 0 Å². The Labute approximate surface area is 110 Å². The zero-order valence-electron chi connectivity index (χ0n) is 10.3. The van der Waals surface area contributed by atoms with E-state index in [1.54, 1.807) is 12.2 Å².